The summed E-state index contributed by atoms with van der Waals surface area (Å²) in [5.41, 5.74) is 3.87. The number of benzene rings is 1. The van der Waals surface area contributed by atoms with Crippen molar-refractivity contribution in [2.45, 2.75) is 37.8 Å². The zero-order chi connectivity index (χ0) is 18.8. The van der Waals surface area contributed by atoms with Crippen LogP contribution in [0, 0.1) is 17.2 Å². The molecule has 1 aromatic rings. The summed E-state index contributed by atoms with van der Waals surface area (Å²) >= 11 is 1.60. The third-order valence-corrected chi connectivity index (χ3v) is 6.75. The number of amides is 1. The van der Waals surface area contributed by atoms with Crippen LogP contribution < -0.4 is 5.32 Å². The van der Waals surface area contributed by atoms with Crippen LogP contribution in [0.5, 0.6) is 0 Å². The molecule has 2 saturated heterocycles. The predicted molar refractivity (Wildman–Crippen MR) is 106 cm³/mol. The number of ketones is 1. The topological polar surface area (TPSA) is 73.2 Å². The van der Waals surface area contributed by atoms with Crippen molar-refractivity contribution >= 4 is 29.5 Å². The van der Waals surface area contributed by atoms with Gasteiger partial charge in [0.15, 0.2) is 0 Å². The Labute approximate surface area is 163 Å². The lowest BCUT2D eigenvalue weighted by molar-refractivity contribution is -0.137. The summed E-state index contributed by atoms with van der Waals surface area (Å²) in [6, 6.07) is 9.68. The van der Waals surface area contributed by atoms with Gasteiger partial charge in [-0.25, -0.2) is 0 Å². The van der Waals surface area contributed by atoms with Crippen molar-refractivity contribution in [3.05, 3.63) is 41.0 Å². The van der Waals surface area contributed by atoms with Gasteiger partial charge in [-0.2, -0.15) is 5.26 Å². The summed E-state index contributed by atoms with van der Waals surface area (Å²) in [7, 11) is 0. The normalized spacial score (nSPS) is 26.6. The van der Waals surface area contributed by atoms with Gasteiger partial charge in [0.1, 0.15) is 11.8 Å². The van der Waals surface area contributed by atoms with Gasteiger partial charge in [0, 0.05) is 18.1 Å². The third kappa shape index (κ3) is 3.67. The lowest BCUT2D eigenvalue weighted by Gasteiger charge is -2.25. The number of nitrogens with one attached hydrogen (secondary N) is 1. The van der Waals surface area contributed by atoms with Crippen LogP contribution in [0.15, 0.2) is 29.8 Å². The second kappa shape index (κ2) is 7.87. The van der Waals surface area contributed by atoms with Crippen LogP contribution in [0.1, 0.15) is 30.4 Å². The van der Waals surface area contributed by atoms with E-state index in [2.05, 4.69) is 29.6 Å². The van der Waals surface area contributed by atoms with Crippen molar-refractivity contribution in [1.82, 2.24) is 10.2 Å². The Kier molecular flexibility index (Phi) is 5.33. The first-order chi connectivity index (χ1) is 13.2. The highest BCUT2D eigenvalue weighted by Gasteiger charge is 2.42. The largest absolute Gasteiger partial charge is 0.315 e. The Morgan fingerprint density at radius 1 is 1.33 bits per heavy atom. The van der Waals surface area contributed by atoms with Gasteiger partial charge in [0.25, 0.3) is 0 Å². The summed E-state index contributed by atoms with van der Waals surface area (Å²) < 4.78 is 0. The quantitative estimate of drug-likeness (QED) is 0.848. The van der Waals surface area contributed by atoms with E-state index in [-0.39, 0.29) is 23.7 Å². The first kappa shape index (κ1) is 18.3. The van der Waals surface area contributed by atoms with Gasteiger partial charge in [-0.15, -0.1) is 11.8 Å². The number of fused-ring (bicyclic) bond motifs is 1. The number of nitriles is 1. The fourth-order valence-corrected chi connectivity index (χ4v) is 5.32. The SMILES string of the molecule is N#C[C@@H]1CSCN1C(=O)[C@@H]1NCCC1C(=O)CCC1=Cc2ccccc2C1. The van der Waals surface area contributed by atoms with Crippen LogP contribution in [0.25, 0.3) is 6.08 Å². The molecule has 2 heterocycles. The second-order valence-electron chi connectivity index (χ2n) is 7.42. The summed E-state index contributed by atoms with van der Waals surface area (Å²) in [6.07, 6.45) is 5.05. The second-order valence-corrected chi connectivity index (χ2v) is 8.42. The number of carbonyl (C=O) groups is 2. The molecule has 4 rings (SSSR count). The van der Waals surface area contributed by atoms with Crippen molar-refractivity contribution in [3.8, 4) is 6.07 Å². The minimum absolute atomic E-state index is 0.0881. The molecule has 0 spiro atoms. The van der Waals surface area contributed by atoms with Crippen molar-refractivity contribution in [1.29, 1.82) is 5.26 Å². The maximum absolute atomic E-state index is 12.9. The van der Waals surface area contributed by atoms with E-state index in [1.54, 1.807) is 16.7 Å². The minimum atomic E-state index is -0.471. The van der Waals surface area contributed by atoms with E-state index in [1.807, 2.05) is 12.1 Å². The Bertz CT molecular complexity index is 829. The van der Waals surface area contributed by atoms with E-state index in [0.717, 1.165) is 12.8 Å². The molecule has 1 amide bonds. The predicted octanol–water partition coefficient (Wildman–Crippen LogP) is 2.38. The van der Waals surface area contributed by atoms with E-state index in [1.165, 1.54) is 16.7 Å². The number of Topliss-reactive ketones (excluding diaryl/α,β-unsaturated/α-hetero) is 1. The fourth-order valence-electron chi connectivity index (χ4n) is 4.24. The van der Waals surface area contributed by atoms with Crippen LogP contribution >= 0.6 is 11.8 Å². The van der Waals surface area contributed by atoms with E-state index < -0.39 is 6.04 Å². The first-order valence-electron chi connectivity index (χ1n) is 9.48. The van der Waals surface area contributed by atoms with Gasteiger partial charge in [0.05, 0.1) is 18.0 Å². The zero-order valence-corrected chi connectivity index (χ0v) is 16.0. The molecule has 0 saturated carbocycles. The number of hydrogen-bond donors (Lipinski definition) is 1. The summed E-state index contributed by atoms with van der Waals surface area (Å²) in [4.78, 5) is 27.4. The van der Waals surface area contributed by atoms with Crippen molar-refractivity contribution in [2.75, 3.05) is 18.2 Å². The molecule has 1 aliphatic carbocycles. The molecule has 3 aliphatic rings. The Hall–Kier alpha value is -2.10. The molecule has 0 radical (unpaired) electrons. The van der Waals surface area contributed by atoms with Crippen molar-refractivity contribution in [2.24, 2.45) is 5.92 Å². The van der Waals surface area contributed by atoms with Crippen molar-refractivity contribution < 1.29 is 9.59 Å². The molecule has 1 unspecified atom stereocenters. The van der Waals surface area contributed by atoms with E-state index in [4.69, 9.17) is 0 Å². The highest BCUT2D eigenvalue weighted by molar-refractivity contribution is 7.99. The summed E-state index contributed by atoms with van der Waals surface area (Å²) in [6.45, 7) is 0.680. The van der Waals surface area contributed by atoms with E-state index >= 15 is 0 Å². The average Bonchev–Trinajstić information content (AvgIpc) is 3.43. The van der Waals surface area contributed by atoms with Gasteiger partial charge < -0.3 is 10.2 Å². The first-order valence-corrected chi connectivity index (χ1v) is 10.6. The number of thioether (sulfide) groups is 1. The molecule has 2 aliphatic heterocycles. The lowest BCUT2D eigenvalue weighted by Crippen LogP contribution is -2.49. The molecule has 6 heteroatoms. The van der Waals surface area contributed by atoms with Crippen molar-refractivity contribution in [3.63, 3.8) is 0 Å². The number of hydrogen-bond acceptors (Lipinski definition) is 5. The highest BCUT2D eigenvalue weighted by Crippen LogP contribution is 2.30. The van der Waals surface area contributed by atoms with Gasteiger partial charge in [-0.1, -0.05) is 35.9 Å². The van der Waals surface area contributed by atoms with Gasteiger partial charge in [-0.05, 0) is 36.9 Å². The molecule has 1 aromatic carbocycles. The van der Waals surface area contributed by atoms with Crippen LogP contribution in [-0.2, 0) is 16.0 Å². The summed E-state index contributed by atoms with van der Waals surface area (Å²) in [5, 5.41) is 12.4. The highest BCUT2D eigenvalue weighted by atomic mass is 32.2. The molecule has 0 aromatic heterocycles. The summed E-state index contributed by atoms with van der Waals surface area (Å²) in [5.74, 6) is 1.00. The molecule has 1 N–H and O–H groups in total. The maximum atomic E-state index is 12.9. The number of allylic oxidation sites excluding steroid dienone is 1. The average molecular weight is 382 g/mol. The monoisotopic (exact) mass is 381 g/mol. The molecule has 140 valence electrons. The molecule has 0 bridgehead atoms. The van der Waals surface area contributed by atoms with Crippen LogP contribution in [0.2, 0.25) is 0 Å². The lowest BCUT2D eigenvalue weighted by atomic mass is 9.90. The molecule has 5 nitrogen and oxygen atoms in total. The Morgan fingerprint density at radius 2 is 2.19 bits per heavy atom. The van der Waals surface area contributed by atoms with Crippen LogP contribution in [0.4, 0.5) is 0 Å². The molecule has 27 heavy (non-hydrogen) atoms. The number of carbonyl (C=O) groups excluding carboxylic acids is 2. The fraction of sp³-hybridized carbons (Fsp3) is 0.476. The molecule has 3 atom stereocenters. The standard InChI is InChI=1S/C21H23N3O2S/c22-11-17-12-27-13-24(17)21(26)20-18(7-8-23-20)19(25)6-5-14-9-15-3-1-2-4-16(15)10-14/h1-4,9,17-18,20,23H,5-8,10,12-13H2/t17-,18?,20-/m1/s1. The molecular weight excluding hydrogens is 358 g/mol. The van der Waals surface area contributed by atoms with E-state index in [0.29, 0.717) is 31.0 Å². The van der Waals surface area contributed by atoms with Crippen LogP contribution in [-0.4, -0.2) is 46.8 Å². The van der Waals surface area contributed by atoms with Gasteiger partial charge >= 0.3 is 0 Å². The minimum Gasteiger partial charge on any atom is -0.315 e. The zero-order valence-electron chi connectivity index (χ0n) is 15.2. The van der Waals surface area contributed by atoms with Gasteiger partial charge in [0.2, 0.25) is 5.91 Å². The smallest absolute Gasteiger partial charge is 0.242 e. The number of nitrogens with zero attached hydrogens (tertiary/aromatic N) is 2. The molecular formula is C21H23N3O2S. The Balaban J connectivity index is 1.36. The maximum Gasteiger partial charge on any atom is 0.242 e. The van der Waals surface area contributed by atoms with Gasteiger partial charge in [-0.3, -0.25) is 9.59 Å². The van der Waals surface area contributed by atoms with E-state index in [9.17, 15) is 14.9 Å². The molecule has 2 fully saturated rings. The number of rotatable bonds is 5. The van der Waals surface area contributed by atoms with Crippen LogP contribution in [0.3, 0.4) is 0 Å². The Morgan fingerprint density at radius 3 is 3.00 bits per heavy atom. The third-order valence-electron chi connectivity index (χ3n) is 5.74.